The topological polar surface area (TPSA) is 55.8 Å². The van der Waals surface area contributed by atoms with Gasteiger partial charge in [0, 0.05) is 13.0 Å². The van der Waals surface area contributed by atoms with E-state index >= 15 is 0 Å². The molecule has 1 aliphatic rings. The zero-order valence-corrected chi connectivity index (χ0v) is 13.7. The maximum Gasteiger partial charge on any atom is 0.411 e. The van der Waals surface area contributed by atoms with Crippen LogP contribution in [0.25, 0.3) is 0 Å². The molecule has 0 N–H and O–H groups in total. The van der Waals surface area contributed by atoms with Crippen LogP contribution in [0.2, 0.25) is 0 Å². The summed E-state index contributed by atoms with van der Waals surface area (Å²) in [5, 5.41) is 0. The van der Waals surface area contributed by atoms with Crippen molar-refractivity contribution in [2.24, 2.45) is 0 Å². The number of benzene rings is 1. The van der Waals surface area contributed by atoms with Crippen LogP contribution in [0.5, 0.6) is 0 Å². The smallest absolute Gasteiger partial charge is 0.411 e. The Balaban J connectivity index is 2.06. The van der Waals surface area contributed by atoms with Crippen LogP contribution in [-0.4, -0.2) is 48.2 Å². The van der Waals surface area contributed by atoms with Gasteiger partial charge in [-0.05, 0) is 38.5 Å². The maximum absolute atomic E-state index is 12.9. The van der Waals surface area contributed by atoms with Crippen LogP contribution in [0.4, 0.5) is 9.18 Å². The van der Waals surface area contributed by atoms with E-state index in [9.17, 15) is 14.0 Å². The number of morpholine rings is 1. The summed E-state index contributed by atoms with van der Waals surface area (Å²) >= 11 is 0. The molecule has 1 heterocycles. The fraction of sp³-hybridized carbons (Fsp3) is 0.529. The van der Waals surface area contributed by atoms with E-state index in [1.807, 2.05) is 0 Å². The number of hydrogen-bond acceptors (Lipinski definition) is 4. The van der Waals surface area contributed by atoms with Gasteiger partial charge < -0.3 is 9.47 Å². The van der Waals surface area contributed by atoms with Gasteiger partial charge in [-0.2, -0.15) is 0 Å². The van der Waals surface area contributed by atoms with Crippen LogP contribution >= 0.6 is 0 Å². The average molecular weight is 323 g/mol. The van der Waals surface area contributed by atoms with Crippen molar-refractivity contribution in [2.45, 2.75) is 38.8 Å². The number of amides is 1. The molecular weight excluding hydrogens is 301 g/mol. The van der Waals surface area contributed by atoms with E-state index in [1.54, 1.807) is 32.9 Å². The Kier molecular flexibility index (Phi) is 5.36. The highest BCUT2D eigenvalue weighted by atomic mass is 19.1. The second-order valence-electron chi connectivity index (χ2n) is 6.53. The van der Waals surface area contributed by atoms with Gasteiger partial charge in [0.15, 0.2) is 5.78 Å². The summed E-state index contributed by atoms with van der Waals surface area (Å²) < 4.78 is 23.6. The van der Waals surface area contributed by atoms with Gasteiger partial charge in [-0.3, -0.25) is 9.69 Å². The van der Waals surface area contributed by atoms with E-state index in [1.165, 1.54) is 17.0 Å². The predicted molar refractivity (Wildman–Crippen MR) is 82.7 cm³/mol. The second kappa shape index (κ2) is 7.08. The van der Waals surface area contributed by atoms with Gasteiger partial charge in [0.05, 0.1) is 13.2 Å². The first kappa shape index (κ1) is 17.4. The number of ether oxygens (including phenoxy) is 2. The van der Waals surface area contributed by atoms with E-state index in [-0.39, 0.29) is 24.6 Å². The van der Waals surface area contributed by atoms with Gasteiger partial charge in [0.25, 0.3) is 0 Å². The third kappa shape index (κ3) is 5.03. The Bertz CT molecular complexity index is 565. The lowest BCUT2D eigenvalue weighted by molar-refractivity contribution is -0.129. The van der Waals surface area contributed by atoms with Crippen molar-refractivity contribution in [1.29, 1.82) is 0 Å². The third-order valence-corrected chi connectivity index (χ3v) is 3.42. The Morgan fingerprint density at radius 1 is 1.30 bits per heavy atom. The molecule has 0 aromatic heterocycles. The molecule has 1 unspecified atom stereocenters. The predicted octanol–water partition coefficient (Wildman–Crippen LogP) is 2.57. The Hall–Kier alpha value is -1.95. The van der Waals surface area contributed by atoms with Gasteiger partial charge in [-0.1, -0.05) is 12.1 Å². The number of hydrogen-bond donors (Lipinski definition) is 0. The molecular formula is C17H22FNO4. The molecule has 0 aliphatic carbocycles. The largest absolute Gasteiger partial charge is 0.444 e. The van der Waals surface area contributed by atoms with Crippen molar-refractivity contribution in [2.75, 3.05) is 19.8 Å². The molecule has 0 radical (unpaired) electrons. The molecule has 1 aromatic rings. The molecule has 126 valence electrons. The molecule has 1 aliphatic heterocycles. The minimum absolute atomic E-state index is 0.119. The molecule has 1 aromatic carbocycles. The Labute approximate surface area is 135 Å². The van der Waals surface area contributed by atoms with Gasteiger partial charge in [-0.25, -0.2) is 9.18 Å². The summed E-state index contributed by atoms with van der Waals surface area (Å²) in [7, 11) is 0. The molecule has 5 nitrogen and oxygen atoms in total. The summed E-state index contributed by atoms with van der Waals surface area (Å²) in [5.74, 6) is -0.500. The SMILES string of the molecule is CC(C)(C)OC(=O)N1CCOCC1C(=O)Cc1ccc(F)cc1. The molecule has 6 heteroatoms. The van der Waals surface area contributed by atoms with Crippen LogP contribution in [0.3, 0.4) is 0 Å². The van der Waals surface area contributed by atoms with Crippen molar-refractivity contribution in [1.82, 2.24) is 4.90 Å². The van der Waals surface area contributed by atoms with Crippen molar-refractivity contribution in [3.05, 3.63) is 35.6 Å². The first-order chi connectivity index (χ1) is 10.8. The number of Topliss-reactive ketones (excluding diaryl/α,β-unsaturated/α-hetero) is 1. The van der Waals surface area contributed by atoms with Crippen molar-refractivity contribution >= 4 is 11.9 Å². The fourth-order valence-corrected chi connectivity index (χ4v) is 2.33. The third-order valence-electron chi connectivity index (χ3n) is 3.42. The monoisotopic (exact) mass is 323 g/mol. The minimum Gasteiger partial charge on any atom is -0.444 e. The summed E-state index contributed by atoms with van der Waals surface area (Å²) in [6.07, 6.45) is -0.397. The molecule has 0 spiro atoms. The first-order valence-corrected chi connectivity index (χ1v) is 7.61. The molecule has 1 atom stereocenters. The summed E-state index contributed by atoms with van der Waals surface area (Å²) in [5.41, 5.74) is 0.0750. The van der Waals surface area contributed by atoms with Crippen LogP contribution in [0.15, 0.2) is 24.3 Å². The highest BCUT2D eigenvalue weighted by molar-refractivity contribution is 5.89. The van der Waals surface area contributed by atoms with E-state index in [0.29, 0.717) is 18.7 Å². The Morgan fingerprint density at radius 2 is 1.96 bits per heavy atom. The van der Waals surface area contributed by atoms with E-state index in [0.717, 1.165) is 0 Å². The Morgan fingerprint density at radius 3 is 2.57 bits per heavy atom. The van der Waals surface area contributed by atoms with Crippen molar-refractivity contribution in [3.63, 3.8) is 0 Å². The van der Waals surface area contributed by atoms with Gasteiger partial charge in [0.2, 0.25) is 0 Å². The summed E-state index contributed by atoms with van der Waals surface area (Å²) in [4.78, 5) is 26.2. The second-order valence-corrected chi connectivity index (χ2v) is 6.53. The molecule has 1 amide bonds. The number of rotatable bonds is 3. The number of carbonyl (C=O) groups is 2. The summed E-state index contributed by atoms with van der Waals surface area (Å²) in [6.45, 7) is 6.18. The van der Waals surface area contributed by atoms with Crippen LogP contribution in [0, 0.1) is 5.82 Å². The molecule has 1 saturated heterocycles. The number of ketones is 1. The molecule has 23 heavy (non-hydrogen) atoms. The number of nitrogens with zero attached hydrogens (tertiary/aromatic N) is 1. The van der Waals surface area contributed by atoms with E-state index < -0.39 is 17.7 Å². The van der Waals surface area contributed by atoms with Gasteiger partial charge in [-0.15, -0.1) is 0 Å². The zero-order valence-electron chi connectivity index (χ0n) is 13.7. The van der Waals surface area contributed by atoms with Crippen molar-refractivity contribution < 1.29 is 23.5 Å². The first-order valence-electron chi connectivity index (χ1n) is 7.61. The highest BCUT2D eigenvalue weighted by Crippen LogP contribution is 2.17. The summed E-state index contributed by atoms with van der Waals surface area (Å²) in [6, 6.07) is 5.07. The lowest BCUT2D eigenvalue weighted by atomic mass is 10.0. The van der Waals surface area contributed by atoms with Gasteiger partial charge >= 0.3 is 6.09 Å². The van der Waals surface area contributed by atoms with Gasteiger partial charge in [0.1, 0.15) is 17.5 Å². The average Bonchev–Trinajstić information content (AvgIpc) is 2.48. The molecule has 1 fully saturated rings. The minimum atomic E-state index is -0.677. The van der Waals surface area contributed by atoms with Crippen LogP contribution in [0.1, 0.15) is 26.3 Å². The number of carbonyl (C=O) groups excluding carboxylic acids is 2. The molecule has 2 rings (SSSR count). The highest BCUT2D eigenvalue weighted by Gasteiger charge is 2.35. The number of halogens is 1. The van der Waals surface area contributed by atoms with Crippen LogP contribution in [-0.2, 0) is 20.7 Å². The lowest BCUT2D eigenvalue weighted by Crippen LogP contribution is -2.54. The van der Waals surface area contributed by atoms with Crippen LogP contribution < -0.4 is 0 Å². The van der Waals surface area contributed by atoms with E-state index in [2.05, 4.69) is 0 Å². The quantitative estimate of drug-likeness (QED) is 0.858. The maximum atomic E-state index is 12.9. The van der Waals surface area contributed by atoms with E-state index in [4.69, 9.17) is 9.47 Å². The zero-order chi connectivity index (χ0) is 17.0. The van der Waals surface area contributed by atoms with Crippen molar-refractivity contribution in [3.8, 4) is 0 Å². The molecule has 0 saturated carbocycles. The normalized spacial score (nSPS) is 18.6. The fourth-order valence-electron chi connectivity index (χ4n) is 2.33. The lowest BCUT2D eigenvalue weighted by Gasteiger charge is -2.35. The molecule has 0 bridgehead atoms. The standard InChI is InChI=1S/C17H22FNO4/c1-17(2,3)23-16(21)19-8-9-22-11-14(19)15(20)10-12-4-6-13(18)7-5-12/h4-7,14H,8-11H2,1-3H3.